The number of nitrogens with one attached hydrogen (secondary N) is 2. The molecule has 0 bridgehead atoms. The van der Waals surface area contributed by atoms with Gasteiger partial charge in [0.1, 0.15) is 0 Å². The van der Waals surface area contributed by atoms with Crippen molar-refractivity contribution in [3.05, 3.63) is 0 Å². The number of rotatable bonds is 5. The summed E-state index contributed by atoms with van der Waals surface area (Å²) in [6.45, 7) is 7.25. The molecule has 0 aromatic rings. The molecule has 1 saturated heterocycles. The van der Waals surface area contributed by atoms with Gasteiger partial charge in [-0.1, -0.05) is 33.6 Å². The summed E-state index contributed by atoms with van der Waals surface area (Å²) in [7, 11) is 0. The van der Waals surface area contributed by atoms with Gasteiger partial charge in [0.25, 0.3) is 0 Å². The SMILES string of the molecule is CCCNC(=O)C(C(C)C)N1CC(=O)NC2CCCCC21. The van der Waals surface area contributed by atoms with Gasteiger partial charge in [-0.25, -0.2) is 0 Å². The Labute approximate surface area is 127 Å². The molecular weight excluding hydrogens is 266 g/mol. The van der Waals surface area contributed by atoms with E-state index in [-0.39, 0.29) is 29.8 Å². The molecule has 2 aliphatic rings. The topological polar surface area (TPSA) is 61.4 Å². The monoisotopic (exact) mass is 295 g/mol. The van der Waals surface area contributed by atoms with E-state index in [1.165, 1.54) is 12.8 Å². The third-order valence-corrected chi connectivity index (χ3v) is 4.63. The number of hydrogen-bond acceptors (Lipinski definition) is 3. The minimum Gasteiger partial charge on any atom is -0.355 e. The van der Waals surface area contributed by atoms with Crippen LogP contribution in [0.2, 0.25) is 0 Å². The van der Waals surface area contributed by atoms with Crippen LogP contribution in [0.4, 0.5) is 0 Å². The molecule has 0 aromatic heterocycles. The highest BCUT2D eigenvalue weighted by Crippen LogP contribution is 2.29. The summed E-state index contributed by atoms with van der Waals surface area (Å²) in [6.07, 6.45) is 5.41. The van der Waals surface area contributed by atoms with E-state index in [4.69, 9.17) is 0 Å². The maximum atomic E-state index is 12.5. The molecule has 1 aliphatic heterocycles. The zero-order chi connectivity index (χ0) is 15.4. The van der Waals surface area contributed by atoms with Crippen molar-refractivity contribution in [2.75, 3.05) is 13.1 Å². The molecule has 3 unspecified atom stereocenters. The highest BCUT2D eigenvalue weighted by Gasteiger charge is 2.42. The Morgan fingerprint density at radius 3 is 2.76 bits per heavy atom. The Kier molecular flexibility index (Phi) is 5.62. The van der Waals surface area contributed by atoms with E-state index in [2.05, 4.69) is 36.3 Å². The Morgan fingerprint density at radius 2 is 2.10 bits per heavy atom. The summed E-state index contributed by atoms with van der Waals surface area (Å²) in [6, 6.07) is 0.338. The molecule has 21 heavy (non-hydrogen) atoms. The number of nitrogens with zero attached hydrogens (tertiary/aromatic N) is 1. The van der Waals surface area contributed by atoms with E-state index in [0.29, 0.717) is 19.1 Å². The first-order chi connectivity index (χ1) is 10.0. The van der Waals surface area contributed by atoms with E-state index >= 15 is 0 Å². The summed E-state index contributed by atoms with van der Waals surface area (Å²) in [5, 5.41) is 6.12. The normalized spacial score (nSPS) is 27.9. The molecule has 1 heterocycles. The molecule has 2 N–H and O–H groups in total. The Bertz CT molecular complexity index is 384. The van der Waals surface area contributed by atoms with Gasteiger partial charge < -0.3 is 10.6 Å². The first-order valence-electron chi connectivity index (χ1n) is 8.37. The zero-order valence-electron chi connectivity index (χ0n) is 13.5. The summed E-state index contributed by atoms with van der Waals surface area (Å²) in [5.74, 6) is 0.341. The van der Waals surface area contributed by atoms with Gasteiger partial charge in [0.15, 0.2) is 0 Å². The van der Waals surface area contributed by atoms with E-state index in [9.17, 15) is 9.59 Å². The maximum Gasteiger partial charge on any atom is 0.237 e. The van der Waals surface area contributed by atoms with E-state index in [0.717, 1.165) is 19.3 Å². The van der Waals surface area contributed by atoms with Crippen LogP contribution in [0, 0.1) is 5.92 Å². The maximum absolute atomic E-state index is 12.5. The van der Waals surface area contributed by atoms with Crippen molar-refractivity contribution in [2.24, 2.45) is 5.92 Å². The fourth-order valence-corrected chi connectivity index (χ4v) is 3.71. The van der Waals surface area contributed by atoms with Gasteiger partial charge >= 0.3 is 0 Å². The standard InChI is InChI=1S/C16H29N3O2/c1-4-9-17-16(21)15(11(2)3)19-10-14(20)18-12-7-5-6-8-13(12)19/h11-13,15H,4-10H2,1-3H3,(H,17,21)(H,18,20). The van der Waals surface area contributed by atoms with Crippen molar-refractivity contribution in [1.82, 2.24) is 15.5 Å². The van der Waals surface area contributed by atoms with E-state index in [1.807, 2.05) is 0 Å². The second-order valence-electron chi connectivity index (χ2n) is 6.68. The predicted octanol–water partition coefficient (Wildman–Crippen LogP) is 1.28. The number of amides is 2. The smallest absolute Gasteiger partial charge is 0.237 e. The third-order valence-electron chi connectivity index (χ3n) is 4.63. The molecule has 2 fully saturated rings. The molecule has 120 valence electrons. The first-order valence-corrected chi connectivity index (χ1v) is 8.37. The first kappa shape index (κ1) is 16.3. The summed E-state index contributed by atoms with van der Waals surface area (Å²) >= 11 is 0. The molecule has 1 saturated carbocycles. The van der Waals surface area contributed by atoms with Gasteiger partial charge in [0.2, 0.25) is 11.8 Å². The summed E-state index contributed by atoms with van der Waals surface area (Å²) in [4.78, 5) is 26.7. The van der Waals surface area contributed by atoms with Crippen molar-refractivity contribution in [1.29, 1.82) is 0 Å². The van der Waals surface area contributed by atoms with Crippen LogP contribution in [0.5, 0.6) is 0 Å². The van der Waals surface area contributed by atoms with Crippen molar-refractivity contribution in [3.8, 4) is 0 Å². The number of hydrogen-bond donors (Lipinski definition) is 2. The van der Waals surface area contributed by atoms with Crippen LogP contribution in [-0.4, -0.2) is 47.9 Å². The minimum atomic E-state index is -0.201. The third kappa shape index (κ3) is 3.76. The molecule has 1 aliphatic carbocycles. The van der Waals surface area contributed by atoms with Crippen LogP contribution in [0.15, 0.2) is 0 Å². The quantitative estimate of drug-likeness (QED) is 0.803. The molecule has 2 amide bonds. The Balaban J connectivity index is 2.16. The van der Waals surface area contributed by atoms with Crippen molar-refractivity contribution >= 4 is 11.8 Å². The summed E-state index contributed by atoms with van der Waals surface area (Å²) in [5.41, 5.74) is 0. The average molecular weight is 295 g/mol. The highest BCUT2D eigenvalue weighted by atomic mass is 16.2. The van der Waals surface area contributed by atoms with Crippen molar-refractivity contribution in [3.63, 3.8) is 0 Å². The predicted molar refractivity (Wildman–Crippen MR) is 82.8 cm³/mol. The lowest BCUT2D eigenvalue weighted by atomic mass is 9.85. The van der Waals surface area contributed by atoms with Crippen LogP contribution >= 0.6 is 0 Å². The van der Waals surface area contributed by atoms with Gasteiger partial charge in [-0.2, -0.15) is 0 Å². The molecule has 5 heteroatoms. The Morgan fingerprint density at radius 1 is 1.38 bits per heavy atom. The molecule has 5 nitrogen and oxygen atoms in total. The van der Waals surface area contributed by atoms with Gasteiger partial charge in [0, 0.05) is 18.6 Å². The highest BCUT2D eigenvalue weighted by molar-refractivity contribution is 5.84. The molecule has 0 radical (unpaired) electrons. The fourth-order valence-electron chi connectivity index (χ4n) is 3.71. The van der Waals surface area contributed by atoms with Crippen LogP contribution in [0.25, 0.3) is 0 Å². The lowest BCUT2D eigenvalue weighted by molar-refractivity contribution is -0.137. The van der Waals surface area contributed by atoms with Crippen molar-refractivity contribution < 1.29 is 9.59 Å². The number of fused-ring (bicyclic) bond motifs is 1. The molecular formula is C16H29N3O2. The van der Waals surface area contributed by atoms with Gasteiger partial charge in [-0.15, -0.1) is 0 Å². The van der Waals surface area contributed by atoms with Gasteiger partial charge in [0.05, 0.1) is 12.6 Å². The number of piperazine rings is 1. The van der Waals surface area contributed by atoms with Crippen molar-refractivity contribution in [2.45, 2.75) is 71.0 Å². The number of carbonyl (C=O) groups is 2. The van der Waals surface area contributed by atoms with E-state index in [1.54, 1.807) is 0 Å². The second kappa shape index (κ2) is 7.25. The minimum absolute atomic E-state index is 0.0621. The lowest BCUT2D eigenvalue weighted by Crippen LogP contribution is -2.66. The van der Waals surface area contributed by atoms with Crippen LogP contribution < -0.4 is 10.6 Å². The zero-order valence-corrected chi connectivity index (χ0v) is 13.5. The average Bonchev–Trinajstić information content (AvgIpc) is 2.44. The second-order valence-corrected chi connectivity index (χ2v) is 6.68. The molecule has 0 spiro atoms. The van der Waals surface area contributed by atoms with Crippen LogP contribution in [0.3, 0.4) is 0 Å². The molecule has 0 aromatic carbocycles. The van der Waals surface area contributed by atoms with Gasteiger partial charge in [-0.05, 0) is 25.2 Å². The van der Waals surface area contributed by atoms with Crippen LogP contribution in [-0.2, 0) is 9.59 Å². The lowest BCUT2D eigenvalue weighted by Gasteiger charge is -2.47. The summed E-state index contributed by atoms with van der Waals surface area (Å²) < 4.78 is 0. The molecule has 3 atom stereocenters. The fraction of sp³-hybridized carbons (Fsp3) is 0.875. The largest absolute Gasteiger partial charge is 0.355 e. The Hall–Kier alpha value is -1.10. The van der Waals surface area contributed by atoms with Crippen LogP contribution in [0.1, 0.15) is 52.9 Å². The molecule has 2 rings (SSSR count). The number of carbonyl (C=O) groups excluding carboxylic acids is 2. The van der Waals surface area contributed by atoms with Gasteiger partial charge in [-0.3, -0.25) is 14.5 Å². The van der Waals surface area contributed by atoms with E-state index < -0.39 is 0 Å².